The topological polar surface area (TPSA) is 71.4 Å². The first kappa shape index (κ1) is 26.4. The number of benzene rings is 2. The summed E-state index contributed by atoms with van der Waals surface area (Å²) in [6.07, 6.45) is 4.14. The van der Waals surface area contributed by atoms with Gasteiger partial charge in [0, 0.05) is 42.4 Å². The normalized spacial score (nSPS) is 16.7. The molecule has 2 N–H and O–H groups in total. The molecule has 2 atom stereocenters. The van der Waals surface area contributed by atoms with E-state index in [0.29, 0.717) is 24.7 Å². The average Bonchev–Trinajstić information content (AvgIpc) is 3.55. The highest BCUT2D eigenvalue weighted by Gasteiger charge is 2.41. The molecule has 1 fully saturated rings. The summed E-state index contributed by atoms with van der Waals surface area (Å²) in [7, 11) is 0. The van der Waals surface area contributed by atoms with Crippen molar-refractivity contribution < 1.29 is 9.53 Å². The minimum atomic E-state index is -0.169. The number of aromatic nitrogens is 2. The Balaban J connectivity index is 1.43. The maximum Gasteiger partial charge on any atom is 0.226 e. The van der Waals surface area contributed by atoms with Crippen molar-refractivity contribution in [1.29, 1.82) is 0 Å². The zero-order valence-corrected chi connectivity index (χ0v) is 23.2. The SMILES string of the molecule is CCOc1ccc(-n2cccc2[C@H]2[C@H](c3ccccn3)NC(=S)N2CCC(=O)Nc2cc(C)ccc2C)cc1. The fraction of sp³-hybridized carbons (Fsp3) is 0.258. The van der Waals surface area contributed by atoms with Crippen LogP contribution < -0.4 is 15.4 Å². The molecule has 1 amide bonds. The Morgan fingerprint density at radius 2 is 1.90 bits per heavy atom. The lowest BCUT2D eigenvalue weighted by molar-refractivity contribution is -0.116. The number of ether oxygens (including phenoxy) is 1. The Labute approximate surface area is 234 Å². The zero-order valence-electron chi connectivity index (χ0n) is 22.4. The largest absolute Gasteiger partial charge is 0.494 e. The summed E-state index contributed by atoms with van der Waals surface area (Å²) in [6, 6.07) is 23.8. The monoisotopic (exact) mass is 539 g/mol. The Bertz CT molecular complexity index is 1450. The summed E-state index contributed by atoms with van der Waals surface area (Å²) in [5.41, 5.74) is 5.95. The molecule has 3 heterocycles. The number of carbonyl (C=O) groups excluding carboxylic acids is 1. The molecule has 2 aromatic carbocycles. The molecule has 0 radical (unpaired) electrons. The van der Waals surface area contributed by atoms with Crippen molar-refractivity contribution in [3.63, 3.8) is 0 Å². The van der Waals surface area contributed by atoms with E-state index in [1.54, 1.807) is 6.20 Å². The second-order valence-corrected chi connectivity index (χ2v) is 10.1. The molecule has 39 heavy (non-hydrogen) atoms. The van der Waals surface area contributed by atoms with E-state index in [9.17, 15) is 4.79 Å². The minimum absolute atomic E-state index is 0.0477. The van der Waals surface area contributed by atoms with Crippen molar-refractivity contribution in [2.24, 2.45) is 0 Å². The standard InChI is InChI=1S/C31H33N5O2S/c1-4-38-24-14-12-23(13-15-24)35-18-7-9-27(35)30-29(25-8-5-6-17-32-25)34-31(39)36(30)19-16-28(37)33-26-20-21(2)10-11-22(26)3/h5-15,17-18,20,29-30H,4,16,19H2,1-3H3,(H,33,37)(H,34,39)/t29-,30-/m0/s1. The number of hydrogen-bond acceptors (Lipinski definition) is 4. The van der Waals surface area contributed by atoms with Crippen molar-refractivity contribution in [2.45, 2.75) is 39.3 Å². The van der Waals surface area contributed by atoms with Gasteiger partial charge < -0.3 is 24.8 Å². The first-order valence-electron chi connectivity index (χ1n) is 13.2. The van der Waals surface area contributed by atoms with Crippen molar-refractivity contribution in [3.05, 3.63) is 108 Å². The van der Waals surface area contributed by atoms with Gasteiger partial charge in [0.2, 0.25) is 5.91 Å². The van der Waals surface area contributed by atoms with Gasteiger partial charge in [0.1, 0.15) is 5.75 Å². The molecule has 2 aromatic heterocycles. The molecule has 0 saturated carbocycles. The number of hydrogen-bond donors (Lipinski definition) is 2. The predicted molar refractivity (Wildman–Crippen MR) is 158 cm³/mol. The van der Waals surface area contributed by atoms with E-state index in [1.807, 2.05) is 93.7 Å². The molecule has 0 unspecified atom stereocenters. The number of carbonyl (C=O) groups is 1. The molecule has 5 rings (SSSR count). The first-order chi connectivity index (χ1) is 18.9. The van der Waals surface area contributed by atoms with Crippen molar-refractivity contribution >= 4 is 28.9 Å². The maximum absolute atomic E-state index is 13.0. The molecule has 1 aliphatic rings. The summed E-state index contributed by atoms with van der Waals surface area (Å²) in [4.78, 5) is 19.8. The Kier molecular flexibility index (Phi) is 7.93. The number of nitrogens with one attached hydrogen (secondary N) is 2. The number of pyridine rings is 1. The first-order valence-corrected chi connectivity index (χ1v) is 13.6. The highest BCUT2D eigenvalue weighted by atomic mass is 32.1. The Morgan fingerprint density at radius 3 is 2.64 bits per heavy atom. The van der Waals surface area contributed by atoms with E-state index in [0.717, 1.165) is 39.6 Å². The molecule has 7 nitrogen and oxygen atoms in total. The van der Waals surface area contributed by atoms with Gasteiger partial charge in [0.05, 0.1) is 24.4 Å². The van der Waals surface area contributed by atoms with E-state index < -0.39 is 0 Å². The van der Waals surface area contributed by atoms with Crippen LogP contribution >= 0.6 is 12.2 Å². The van der Waals surface area contributed by atoms with Gasteiger partial charge in [0.25, 0.3) is 0 Å². The lowest BCUT2D eigenvalue weighted by atomic mass is 10.0. The molecule has 0 spiro atoms. The second-order valence-electron chi connectivity index (χ2n) is 9.67. The Hall–Kier alpha value is -4.17. The van der Waals surface area contributed by atoms with Crippen LogP contribution in [0.25, 0.3) is 5.69 Å². The third-order valence-electron chi connectivity index (χ3n) is 6.95. The number of amides is 1. The third kappa shape index (κ3) is 5.81. The van der Waals surface area contributed by atoms with Crippen molar-refractivity contribution in [1.82, 2.24) is 19.8 Å². The van der Waals surface area contributed by atoms with Gasteiger partial charge in [-0.15, -0.1) is 0 Å². The minimum Gasteiger partial charge on any atom is -0.494 e. The summed E-state index contributed by atoms with van der Waals surface area (Å²) in [5, 5.41) is 7.17. The van der Waals surface area contributed by atoms with Crippen LogP contribution in [0.2, 0.25) is 0 Å². The quantitative estimate of drug-likeness (QED) is 0.259. The van der Waals surface area contributed by atoms with Crippen LogP contribution in [0.1, 0.15) is 47.9 Å². The smallest absolute Gasteiger partial charge is 0.226 e. The van der Waals surface area contributed by atoms with Crippen LogP contribution in [0.4, 0.5) is 5.69 Å². The fourth-order valence-electron chi connectivity index (χ4n) is 5.01. The number of rotatable bonds is 9. The average molecular weight is 540 g/mol. The van der Waals surface area contributed by atoms with Gasteiger partial charge in [-0.3, -0.25) is 9.78 Å². The summed E-state index contributed by atoms with van der Waals surface area (Å²) in [6.45, 7) is 7.08. The maximum atomic E-state index is 13.0. The molecule has 4 aromatic rings. The number of nitrogens with zero attached hydrogens (tertiary/aromatic N) is 3. The molecule has 0 bridgehead atoms. The van der Waals surface area contributed by atoms with Crippen LogP contribution in [-0.2, 0) is 4.79 Å². The van der Waals surface area contributed by atoms with Crippen LogP contribution in [0, 0.1) is 13.8 Å². The fourth-order valence-corrected chi connectivity index (χ4v) is 5.34. The van der Waals surface area contributed by atoms with E-state index in [2.05, 4.69) is 31.2 Å². The van der Waals surface area contributed by atoms with Crippen LogP contribution in [0.15, 0.2) is 85.2 Å². The molecule has 0 aliphatic carbocycles. The van der Waals surface area contributed by atoms with E-state index in [-0.39, 0.29) is 18.0 Å². The third-order valence-corrected chi connectivity index (χ3v) is 7.31. The second kappa shape index (κ2) is 11.7. The van der Waals surface area contributed by atoms with Crippen LogP contribution in [-0.4, -0.2) is 38.6 Å². The van der Waals surface area contributed by atoms with E-state index in [4.69, 9.17) is 17.0 Å². The van der Waals surface area contributed by atoms with Gasteiger partial charge in [-0.1, -0.05) is 18.2 Å². The van der Waals surface area contributed by atoms with Crippen molar-refractivity contribution in [3.8, 4) is 11.4 Å². The molecule has 8 heteroatoms. The van der Waals surface area contributed by atoms with Crippen LogP contribution in [0.3, 0.4) is 0 Å². The highest BCUT2D eigenvalue weighted by Crippen LogP contribution is 2.39. The summed E-state index contributed by atoms with van der Waals surface area (Å²) < 4.78 is 7.80. The lowest BCUT2D eigenvalue weighted by Gasteiger charge is -2.29. The molecule has 1 saturated heterocycles. The van der Waals surface area contributed by atoms with Gasteiger partial charge in [-0.2, -0.15) is 0 Å². The summed E-state index contributed by atoms with van der Waals surface area (Å²) >= 11 is 5.82. The summed E-state index contributed by atoms with van der Waals surface area (Å²) in [5.74, 6) is 0.787. The molecule has 1 aliphatic heterocycles. The van der Waals surface area contributed by atoms with E-state index >= 15 is 0 Å². The highest BCUT2D eigenvalue weighted by molar-refractivity contribution is 7.80. The van der Waals surface area contributed by atoms with Crippen molar-refractivity contribution in [2.75, 3.05) is 18.5 Å². The van der Waals surface area contributed by atoms with Gasteiger partial charge >= 0.3 is 0 Å². The van der Waals surface area contributed by atoms with Gasteiger partial charge in [-0.25, -0.2) is 0 Å². The Morgan fingerprint density at radius 1 is 1.08 bits per heavy atom. The molecular formula is C31H33N5O2S. The molecular weight excluding hydrogens is 506 g/mol. The van der Waals surface area contributed by atoms with Gasteiger partial charge in [-0.05, 0) is 98.7 Å². The number of aryl methyl sites for hydroxylation is 2. The number of anilines is 1. The van der Waals surface area contributed by atoms with Gasteiger partial charge in [0.15, 0.2) is 5.11 Å². The zero-order chi connectivity index (χ0) is 27.4. The predicted octanol–water partition coefficient (Wildman–Crippen LogP) is 5.89. The van der Waals surface area contributed by atoms with Crippen LogP contribution in [0.5, 0.6) is 5.75 Å². The molecule has 200 valence electrons. The lowest BCUT2D eigenvalue weighted by Crippen LogP contribution is -2.33. The number of thiocarbonyl (C=S) groups is 1. The van der Waals surface area contributed by atoms with E-state index in [1.165, 1.54) is 0 Å².